The predicted octanol–water partition coefficient (Wildman–Crippen LogP) is 2.53. The van der Waals surface area contributed by atoms with Gasteiger partial charge in [-0.3, -0.25) is 4.79 Å². The Morgan fingerprint density at radius 2 is 1.87 bits per heavy atom. The Balaban J connectivity index is 2.57. The molecule has 0 aromatic heterocycles. The molecule has 0 bridgehead atoms. The maximum atomic E-state index is 11.3. The van der Waals surface area contributed by atoms with E-state index in [1.165, 1.54) is 5.56 Å². The highest BCUT2D eigenvalue weighted by atomic mass is 16.1. The molecular formula is C13H17NO. The Bertz CT molecular complexity index is 349. The lowest BCUT2D eigenvalue weighted by Gasteiger charge is -2.04. The van der Waals surface area contributed by atoms with Crippen molar-refractivity contribution in [3.05, 3.63) is 41.5 Å². The van der Waals surface area contributed by atoms with E-state index in [4.69, 9.17) is 0 Å². The Hall–Kier alpha value is -1.57. The summed E-state index contributed by atoms with van der Waals surface area (Å²) in [6, 6.07) is 8.23. The monoisotopic (exact) mass is 203 g/mol. The fourth-order valence-corrected chi connectivity index (χ4v) is 1.18. The van der Waals surface area contributed by atoms with Gasteiger partial charge in [0.25, 0.3) is 0 Å². The quantitative estimate of drug-likeness (QED) is 0.751. The van der Waals surface area contributed by atoms with E-state index in [0.29, 0.717) is 0 Å². The number of rotatable bonds is 3. The van der Waals surface area contributed by atoms with Crippen molar-refractivity contribution in [2.75, 3.05) is 0 Å². The third kappa shape index (κ3) is 4.45. The van der Waals surface area contributed by atoms with Crippen molar-refractivity contribution < 1.29 is 4.79 Å². The molecule has 0 saturated carbocycles. The van der Waals surface area contributed by atoms with Crippen LogP contribution in [-0.4, -0.2) is 11.9 Å². The molecule has 1 aromatic carbocycles. The van der Waals surface area contributed by atoms with E-state index in [2.05, 4.69) is 5.32 Å². The zero-order valence-electron chi connectivity index (χ0n) is 9.45. The standard InChI is InChI=1S/C13H17NO/c1-10(2)14-13(15)9-8-12-6-4-11(3)5-7-12/h4-10H,1-3H3,(H,14,15)/b9-8+. The second-order valence-corrected chi connectivity index (χ2v) is 3.91. The van der Waals surface area contributed by atoms with Gasteiger partial charge in [-0.1, -0.05) is 29.8 Å². The van der Waals surface area contributed by atoms with Crippen molar-refractivity contribution in [3.63, 3.8) is 0 Å². The summed E-state index contributed by atoms with van der Waals surface area (Å²) < 4.78 is 0. The van der Waals surface area contributed by atoms with Crippen molar-refractivity contribution >= 4 is 12.0 Å². The second-order valence-electron chi connectivity index (χ2n) is 3.91. The van der Waals surface area contributed by atoms with Crippen molar-refractivity contribution in [3.8, 4) is 0 Å². The van der Waals surface area contributed by atoms with E-state index >= 15 is 0 Å². The number of carbonyl (C=O) groups is 1. The normalized spacial score (nSPS) is 10.9. The molecular weight excluding hydrogens is 186 g/mol. The molecule has 15 heavy (non-hydrogen) atoms. The SMILES string of the molecule is Cc1ccc(/C=C/C(=O)NC(C)C)cc1. The molecule has 2 heteroatoms. The summed E-state index contributed by atoms with van der Waals surface area (Å²) in [5, 5.41) is 2.80. The number of amides is 1. The highest BCUT2D eigenvalue weighted by Gasteiger charge is 1.96. The lowest BCUT2D eigenvalue weighted by Crippen LogP contribution is -2.28. The first-order chi connectivity index (χ1) is 7.08. The Labute approximate surface area is 91.0 Å². The van der Waals surface area contributed by atoms with Crippen LogP contribution in [0.1, 0.15) is 25.0 Å². The van der Waals surface area contributed by atoms with E-state index in [1.807, 2.05) is 51.1 Å². The number of carbonyl (C=O) groups excluding carboxylic acids is 1. The molecule has 0 atom stereocenters. The second kappa shape index (κ2) is 5.35. The molecule has 0 heterocycles. The van der Waals surface area contributed by atoms with Gasteiger partial charge in [0.15, 0.2) is 0 Å². The fourth-order valence-electron chi connectivity index (χ4n) is 1.18. The van der Waals surface area contributed by atoms with Crippen LogP contribution < -0.4 is 5.32 Å². The molecule has 0 saturated heterocycles. The zero-order chi connectivity index (χ0) is 11.3. The number of hydrogen-bond acceptors (Lipinski definition) is 1. The van der Waals surface area contributed by atoms with Crippen LogP contribution in [0.4, 0.5) is 0 Å². The number of aryl methyl sites for hydroxylation is 1. The van der Waals surface area contributed by atoms with Crippen molar-refractivity contribution in [2.24, 2.45) is 0 Å². The van der Waals surface area contributed by atoms with E-state index in [0.717, 1.165) is 5.56 Å². The van der Waals surface area contributed by atoms with Gasteiger partial charge in [-0.25, -0.2) is 0 Å². The molecule has 1 aromatic rings. The average molecular weight is 203 g/mol. The van der Waals surface area contributed by atoms with Gasteiger partial charge in [0, 0.05) is 12.1 Å². The molecule has 0 aliphatic heterocycles. The van der Waals surface area contributed by atoms with Gasteiger partial charge >= 0.3 is 0 Å². The summed E-state index contributed by atoms with van der Waals surface area (Å²) in [6.07, 6.45) is 3.38. The first-order valence-corrected chi connectivity index (χ1v) is 5.13. The third-order valence-electron chi connectivity index (χ3n) is 1.94. The fraction of sp³-hybridized carbons (Fsp3) is 0.308. The minimum Gasteiger partial charge on any atom is -0.350 e. The van der Waals surface area contributed by atoms with Gasteiger partial charge in [-0.15, -0.1) is 0 Å². The average Bonchev–Trinajstić information content (AvgIpc) is 2.16. The van der Waals surface area contributed by atoms with Crippen molar-refractivity contribution in [1.82, 2.24) is 5.32 Å². The summed E-state index contributed by atoms with van der Waals surface area (Å²) in [7, 11) is 0. The van der Waals surface area contributed by atoms with Crippen LogP contribution in [0.15, 0.2) is 30.3 Å². The summed E-state index contributed by atoms with van der Waals surface area (Å²) in [5.41, 5.74) is 2.26. The largest absolute Gasteiger partial charge is 0.350 e. The first kappa shape index (κ1) is 11.5. The summed E-state index contributed by atoms with van der Waals surface area (Å²) in [5.74, 6) is -0.0504. The van der Waals surface area contributed by atoms with Crippen molar-refractivity contribution in [1.29, 1.82) is 0 Å². The predicted molar refractivity (Wildman–Crippen MR) is 63.5 cm³/mol. The molecule has 1 rings (SSSR count). The zero-order valence-corrected chi connectivity index (χ0v) is 9.45. The molecule has 1 amide bonds. The van der Waals surface area contributed by atoms with Crippen LogP contribution in [0.2, 0.25) is 0 Å². The van der Waals surface area contributed by atoms with Crippen LogP contribution in [-0.2, 0) is 4.79 Å². The molecule has 0 aliphatic carbocycles. The van der Waals surface area contributed by atoms with Crippen LogP contribution >= 0.6 is 0 Å². The van der Waals surface area contributed by atoms with Crippen molar-refractivity contribution in [2.45, 2.75) is 26.8 Å². The lowest BCUT2D eigenvalue weighted by molar-refractivity contribution is -0.116. The summed E-state index contributed by atoms with van der Waals surface area (Å²) >= 11 is 0. The van der Waals surface area contributed by atoms with E-state index < -0.39 is 0 Å². The molecule has 1 N–H and O–H groups in total. The molecule has 0 unspecified atom stereocenters. The maximum absolute atomic E-state index is 11.3. The lowest BCUT2D eigenvalue weighted by atomic mass is 10.1. The Morgan fingerprint density at radius 3 is 2.40 bits per heavy atom. The molecule has 80 valence electrons. The number of benzene rings is 1. The van der Waals surface area contributed by atoms with Gasteiger partial charge in [0.05, 0.1) is 0 Å². The number of nitrogens with one attached hydrogen (secondary N) is 1. The van der Waals surface area contributed by atoms with Gasteiger partial charge in [0.2, 0.25) is 5.91 Å². The smallest absolute Gasteiger partial charge is 0.244 e. The van der Waals surface area contributed by atoms with Crippen LogP contribution in [0.5, 0.6) is 0 Å². The highest BCUT2D eigenvalue weighted by molar-refractivity contribution is 5.91. The van der Waals surface area contributed by atoms with E-state index in [-0.39, 0.29) is 11.9 Å². The molecule has 0 aliphatic rings. The molecule has 0 radical (unpaired) electrons. The Kier molecular flexibility index (Phi) is 4.10. The van der Waals surface area contributed by atoms with Crippen LogP contribution in [0.3, 0.4) is 0 Å². The van der Waals surface area contributed by atoms with Gasteiger partial charge < -0.3 is 5.32 Å². The van der Waals surface area contributed by atoms with Gasteiger partial charge in [-0.2, -0.15) is 0 Å². The topological polar surface area (TPSA) is 29.1 Å². The van der Waals surface area contributed by atoms with E-state index in [9.17, 15) is 4.79 Å². The third-order valence-corrected chi connectivity index (χ3v) is 1.94. The number of hydrogen-bond donors (Lipinski definition) is 1. The highest BCUT2D eigenvalue weighted by Crippen LogP contribution is 2.04. The molecule has 0 fully saturated rings. The van der Waals surface area contributed by atoms with Crippen LogP contribution in [0.25, 0.3) is 6.08 Å². The molecule has 2 nitrogen and oxygen atoms in total. The minimum absolute atomic E-state index is 0.0504. The van der Waals surface area contributed by atoms with Crippen LogP contribution in [0, 0.1) is 6.92 Å². The maximum Gasteiger partial charge on any atom is 0.244 e. The first-order valence-electron chi connectivity index (χ1n) is 5.13. The van der Waals surface area contributed by atoms with Gasteiger partial charge in [-0.05, 0) is 32.4 Å². The summed E-state index contributed by atoms with van der Waals surface area (Å²) in [6.45, 7) is 5.92. The molecule has 0 spiro atoms. The summed E-state index contributed by atoms with van der Waals surface area (Å²) in [4.78, 5) is 11.3. The van der Waals surface area contributed by atoms with Gasteiger partial charge in [0.1, 0.15) is 0 Å². The minimum atomic E-state index is -0.0504. The van der Waals surface area contributed by atoms with E-state index in [1.54, 1.807) is 6.08 Å². The Morgan fingerprint density at radius 1 is 1.27 bits per heavy atom.